The van der Waals surface area contributed by atoms with E-state index in [4.69, 9.17) is 23.2 Å². The maximum atomic E-state index is 12.4. The van der Waals surface area contributed by atoms with Gasteiger partial charge >= 0.3 is 0 Å². The molecule has 0 atom stereocenters. The van der Waals surface area contributed by atoms with E-state index in [1.165, 1.54) is 12.4 Å². The van der Waals surface area contributed by atoms with E-state index in [0.717, 1.165) is 17.7 Å². The summed E-state index contributed by atoms with van der Waals surface area (Å²) in [5.74, 6) is 0.0536. The Morgan fingerprint density at radius 1 is 1.00 bits per heavy atom. The zero-order valence-electron chi connectivity index (χ0n) is 14.0. The van der Waals surface area contributed by atoms with Gasteiger partial charge in [-0.25, -0.2) is 9.97 Å². The fourth-order valence-corrected chi connectivity index (χ4v) is 2.72. The van der Waals surface area contributed by atoms with Crippen LogP contribution >= 0.6 is 23.2 Å². The first-order chi connectivity index (χ1) is 12.6. The van der Waals surface area contributed by atoms with Crippen LogP contribution in [0, 0.1) is 0 Å². The predicted molar refractivity (Wildman–Crippen MR) is 106 cm³/mol. The van der Waals surface area contributed by atoms with Crippen LogP contribution in [0.2, 0.25) is 10.0 Å². The van der Waals surface area contributed by atoms with E-state index in [1.807, 2.05) is 31.2 Å². The summed E-state index contributed by atoms with van der Waals surface area (Å²) in [7, 11) is 0. The molecule has 0 bridgehead atoms. The van der Waals surface area contributed by atoms with Gasteiger partial charge in [-0.2, -0.15) is 0 Å². The molecule has 1 heterocycles. The first-order valence-corrected chi connectivity index (χ1v) is 8.76. The number of hydrogen-bond acceptors (Lipinski definition) is 4. The lowest BCUT2D eigenvalue weighted by Crippen LogP contribution is -2.14. The number of nitrogens with one attached hydrogen (secondary N) is 2. The van der Waals surface area contributed by atoms with Crippen LogP contribution in [0.5, 0.6) is 0 Å². The largest absolute Gasteiger partial charge is 0.323 e. The third-order valence-corrected chi connectivity index (χ3v) is 4.58. The summed E-state index contributed by atoms with van der Waals surface area (Å²) in [6.45, 7) is 2.04. The zero-order valence-corrected chi connectivity index (χ0v) is 15.5. The standard InChI is InChI=1S/C19H16Cl2N4O/c1-2-12-6-3-4-8-15(12)24-18(26)13-10-22-19(23-11-13)25-16-9-5-7-14(20)17(16)21/h3-11H,2H2,1H3,(H,24,26)(H,22,23,25). The van der Waals surface area contributed by atoms with Crippen molar-refractivity contribution in [3.63, 3.8) is 0 Å². The van der Waals surface area contributed by atoms with Gasteiger partial charge in [0.2, 0.25) is 5.95 Å². The number of rotatable bonds is 5. The Labute approximate surface area is 161 Å². The minimum atomic E-state index is -0.266. The van der Waals surface area contributed by atoms with Crippen LogP contribution in [-0.2, 0) is 6.42 Å². The van der Waals surface area contributed by atoms with Crippen LogP contribution in [0.4, 0.5) is 17.3 Å². The number of para-hydroxylation sites is 1. The molecule has 3 rings (SSSR count). The molecule has 0 fully saturated rings. The maximum absolute atomic E-state index is 12.4. The van der Waals surface area contributed by atoms with E-state index in [1.54, 1.807) is 18.2 Å². The van der Waals surface area contributed by atoms with Gasteiger partial charge in [-0.15, -0.1) is 0 Å². The molecular formula is C19H16Cl2N4O. The summed E-state index contributed by atoms with van der Waals surface area (Å²) < 4.78 is 0. The third kappa shape index (κ3) is 4.12. The Balaban J connectivity index is 1.73. The summed E-state index contributed by atoms with van der Waals surface area (Å²) in [6.07, 6.45) is 3.74. The van der Waals surface area contributed by atoms with E-state index >= 15 is 0 Å². The average Bonchev–Trinajstić information content (AvgIpc) is 2.66. The molecule has 0 unspecified atom stereocenters. The van der Waals surface area contributed by atoms with Crippen LogP contribution < -0.4 is 10.6 Å². The molecule has 0 aliphatic heterocycles. The SMILES string of the molecule is CCc1ccccc1NC(=O)c1cnc(Nc2cccc(Cl)c2Cl)nc1. The molecule has 0 aliphatic carbocycles. The monoisotopic (exact) mass is 386 g/mol. The van der Waals surface area contributed by atoms with Crippen molar-refractivity contribution in [2.75, 3.05) is 10.6 Å². The van der Waals surface area contributed by atoms with Gasteiger partial charge in [-0.3, -0.25) is 4.79 Å². The highest BCUT2D eigenvalue weighted by molar-refractivity contribution is 6.43. The number of amides is 1. The van der Waals surface area contributed by atoms with Gasteiger partial charge in [0.25, 0.3) is 5.91 Å². The molecule has 7 heteroatoms. The highest BCUT2D eigenvalue weighted by Crippen LogP contribution is 2.30. The molecule has 2 N–H and O–H groups in total. The fourth-order valence-electron chi connectivity index (χ4n) is 2.38. The number of aromatic nitrogens is 2. The van der Waals surface area contributed by atoms with E-state index in [9.17, 15) is 4.79 Å². The minimum Gasteiger partial charge on any atom is -0.323 e. The van der Waals surface area contributed by atoms with Crippen LogP contribution in [0.3, 0.4) is 0 Å². The number of carbonyl (C=O) groups is 1. The summed E-state index contributed by atoms with van der Waals surface area (Å²) >= 11 is 12.1. The fraction of sp³-hybridized carbons (Fsp3) is 0.105. The second kappa shape index (κ2) is 8.17. The van der Waals surface area contributed by atoms with E-state index < -0.39 is 0 Å². The van der Waals surface area contributed by atoms with Crippen LogP contribution in [0.15, 0.2) is 54.9 Å². The quantitative estimate of drug-likeness (QED) is 0.620. The Hall–Kier alpha value is -2.63. The van der Waals surface area contributed by atoms with Gasteiger partial charge in [-0.1, -0.05) is 54.4 Å². The van der Waals surface area contributed by atoms with Gasteiger partial charge in [0, 0.05) is 18.1 Å². The normalized spacial score (nSPS) is 10.4. The Morgan fingerprint density at radius 3 is 2.42 bits per heavy atom. The summed E-state index contributed by atoms with van der Waals surface area (Å²) in [5.41, 5.74) is 2.80. The molecule has 0 radical (unpaired) electrons. The van der Waals surface area contributed by atoms with Gasteiger partial charge in [0.15, 0.2) is 0 Å². The predicted octanol–water partition coefficient (Wildman–Crippen LogP) is 5.34. The molecule has 0 saturated heterocycles. The van der Waals surface area contributed by atoms with Crippen molar-refractivity contribution in [2.45, 2.75) is 13.3 Å². The molecule has 0 spiro atoms. The maximum Gasteiger partial charge on any atom is 0.258 e. The lowest BCUT2D eigenvalue weighted by Gasteiger charge is -2.10. The number of nitrogens with zero attached hydrogens (tertiary/aromatic N) is 2. The van der Waals surface area contributed by atoms with Crippen LogP contribution in [0.1, 0.15) is 22.8 Å². The molecule has 0 aliphatic rings. The molecule has 0 saturated carbocycles. The molecule has 132 valence electrons. The van der Waals surface area contributed by atoms with Crippen LogP contribution in [0.25, 0.3) is 0 Å². The lowest BCUT2D eigenvalue weighted by atomic mass is 10.1. The van der Waals surface area contributed by atoms with E-state index in [-0.39, 0.29) is 5.91 Å². The van der Waals surface area contributed by atoms with Crippen molar-refractivity contribution in [1.29, 1.82) is 0 Å². The Bertz CT molecular complexity index is 929. The number of halogens is 2. The number of carbonyl (C=O) groups excluding carboxylic acids is 1. The first-order valence-electron chi connectivity index (χ1n) is 8.01. The second-order valence-electron chi connectivity index (χ2n) is 5.49. The van der Waals surface area contributed by atoms with E-state index in [0.29, 0.717) is 27.2 Å². The number of aryl methyl sites for hydroxylation is 1. The third-order valence-electron chi connectivity index (χ3n) is 3.76. The molecule has 1 amide bonds. The number of hydrogen-bond donors (Lipinski definition) is 2. The first kappa shape index (κ1) is 18.2. The number of benzene rings is 2. The smallest absolute Gasteiger partial charge is 0.258 e. The van der Waals surface area contributed by atoms with Crippen molar-refractivity contribution in [1.82, 2.24) is 9.97 Å². The molecular weight excluding hydrogens is 371 g/mol. The number of anilines is 3. The van der Waals surface area contributed by atoms with Crippen LogP contribution in [-0.4, -0.2) is 15.9 Å². The average molecular weight is 387 g/mol. The van der Waals surface area contributed by atoms with Gasteiger partial charge in [-0.05, 0) is 30.2 Å². The van der Waals surface area contributed by atoms with Gasteiger partial charge in [0.05, 0.1) is 21.3 Å². The highest BCUT2D eigenvalue weighted by atomic mass is 35.5. The van der Waals surface area contributed by atoms with Gasteiger partial charge < -0.3 is 10.6 Å². The van der Waals surface area contributed by atoms with Crippen molar-refractivity contribution in [3.8, 4) is 0 Å². The lowest BCUT2D eigenvalue weighted by molar-refractivity contribution is 0.102. The zero-order chi connectivity index (χ0) is 18.5. The summed E-state index contributed by atoms with van der Waals surface area (Å²) in [5, 5.41) is 6.68. The Kier molecular flexibility index (Phi) is 5.71. The molecule has 26 heavy (non-hydrogen) atoms. The highest BCUT2D eigenvalue weighted by Gasteiger charge is 2.11. The summed E-state index contributed by atoms with van der Waals surface area (Å²) in [4.78, 5) is 20.7. The van der Waals surface area contributed by atoms with Crippen molar-refractivity contribution < 1.29 is 4.79 Å². The topological polar surface area (TPSA) is 66.9 Å². The van der Waals surface area contributed by atoms with Crippen molar-refractivity contribution in [3.05, 3.63) is 76.0 Å². The van der Waals surface area contributed by atoms with Crippen molar-refractivity contribution >= 4 is 46.4 Å². The minimum absolute atomic E-state index is 0.266. The summed E-state index contributed by atoms with van der Waals surface area (Å²) in [6, 6.07) is 12.9. The molecule has 3 aromatic rings. The van der Waals surface area contributed by atoms with Gasteiger partial charge in [0.1, 0.15) is 0 Å². The van der Waals surface area contributed by atoms with Crippen molar-refractivity contribution in [2.24, 2.45) is 0 Å². The van der Waals surface area contributed by atoms with E-state index in [2.05, 4.69) is 20.6 Å². The molecule has 2 aromatic carbocycles. The Morgan fingerprint density at radius 2 is 1.69 bits per heavy atom. The second-order valence-corrected chi connectivity index (χ2v) is 6.27. The molecule has 1 aromatic heterocycles. The molecule has 5 nitrogen and oxygen atoms in total.